The minimum absolute atomic E-state index is 0.123. The first-order chi connectivity index (χ1) is 11.8. The molecule has 5 aliphatic carbocycles. The molecular weight excluding hydrogens is 316 g/mol. The Morgan fingerprint density at radius 2 is 1.80 bits per heavy atom. The fourth-order valence-electron chi connectivity index (χ4n) is 9.34. The summed E-state index contributed by atoms with van der Waals surface area (Å²) in [5.74, 6) is 0.905. The summed E-state index contributed by atoms with van der Waals surface area (Å²) in [6.07, 6.45) is 7.73. The van der Waals surface area contributed by atoms with Crippen LogP contribution in [-0.2, 0) is 14.3 Å². The van der Waals surface area contributed by atoms with Gasteiger partial charge in [0.25, 0.3) is 0 Å². The summed E-state index contributed by atoms with van der Waals surface area (Å²) in [6, 6.07) is 0. The lowest BCUT2D eigenvalue weighted by Crippen LogP contribution is -2.69. The van der Waals surface area contributed by atoms with Crippen molar-refractivity contribution in [3.05, 3.63) is 0 Å². The van der Waals surface area contributed by atoms with Gasteiger partial charge in [-0.15, -0.1) is 0 Å². The smallest absolute Gasteiger partial charge is 0.181 e. The molecule has 1 N–H and O–H groups in total. The highest BCUT2D eigenvalue weighted by atomic mass is 16.7. The molecule has 4 heteroatoms. The number of rotatable bonds is 0. The molecular formula is C21H30O4. The van der Waals surface area contributed by atoms with E-state index in [-0.39, 0.29) is 10.8 Å². The molecule has 1 heterocycles. The van der Waals surface area contributed by atoms with Crippen molar-refractivity contribution >= 4 is 5.78 Å². The van der Waals surface area contributed by atoms with Crippen LogP contribution in [0.1, 0.15) is 65.2 Å². The van der Waals surface area contributed by atoms with Crippen LogP contribution in [0.5, 0.6) is 0 Å². The highest BCUT2D eigenvalue weighted by molar-refractivity contribution is 5.88. The SMILES string of the molecule is C[C@]12C(=O)CC[C@@H]1[C@H]1CC[C@H]3C[C@]4(O)CC[C@@]3(C)[C@@]14CC21OCCO1. The van der Waals surface area contributed by atoms with Crippen LogP contribution in [0, 0.1) is 34.0 Å². The average Bonchev–Trinajstić information content (AvgIpc) is 3.24. The minimum atomic E-state index is -0.798. The molecule has 138 valence electrons. The third-order valence-electron chi connectivity index (χ3n) is 10.4. The Morgan fingerprint density at radius 3 is 2.56 bits per heavy atom. The van der Waals surface area contributed by atoms with Gasteiger partial charge >= 0.3 is 0 Å². The molecule has 4 nitrogen and oxygen atoms in total. The number of carbonyl (C=O) groups is 1. The average molecular weight is 346 g/mol. The first-order valence-corrected chi connectivity index (χ1v) is 10.4. The lowest BCUT2D eigenvalue weighted by atomic mass is 9.41. The first kappa shape index (κ1) is 15.6. The third kappa shape index (κ3) is 1.30. The van der Waals surface area contributed by atoms with Crippen molar-refractivity contribution < 1.29 is 19.4 Å². The Bertz CT molecular complexity index is 669. The van der Waals surface area contributed by atoms with Gasteiger partial charge < -0.3 is 14.6 Å². The van der Waals surface area contributed by atoms with Gasteiger partial charge in [-0.05, 0) is 68.6 Å². The molecule has 1 aliphatic heterocycles. The molecule has 2 spiro atoms. The third-order valence-corrected chi connectivity index (χ3v) is 10.4. The van der Waals surface area contributed by atoms with Crippen molar-refractivity contribution in [1.29, 1.82) is 0 Å². The molecule has 6 rings (SSSR count). The molecule has 25 heavy (non-hydrogen) atoms. The second-order valence-electron chi connectivity index (χ2n) is 10.4. The van der Waals surface area contributed by atoms with Crippen molar-refractivity contribution in [2.24, 2.45) is 34.0 Å². The molecule has 6 fully saturated rings. The molecule has 0 unspecified atom stereocenters. The predicted molar refractivity (Wildman–Crippen MR) is 90.6 cm³/mol. The van der Waals surface area contributed by atoms with Gasteiger partial charge in [0.1, 0.15) is 5.78 Å². The van der Waals surface area contributed by atoms with E-state index in [1.54, 1.807) is 0 Å². The van der Waals surface area contributed by atoms with Crippen LogP contribution in [0.15, 0.2) is 0 Å². The topological polar surface area (TPSA) is 55.8 Å². The van der Waals surface area contributed by atoms with Crippen LogP contribution >= 0.6 is 0 Å². The molecule has 5 saturated carbocycles. The summed E-state index contributed by atoms with van der Waals surface area (Å²) in [4.78, 5) is 13.1. The van der Waals surface area contributed by atoms with Crippen molar-refractivity contribution in [1.82, 2.24) is 0 Å². The van der Waals surface area contributed by atoms with E-state index < -0.39 is 16.8 Å². The van der Waals surface area contributed by atoms with Crippen molar-refractivity contribution in [3.8, 4) is 0 Å². The lowest BCUT2D eigenvalue weighted by molar-refractivity contribution is -0.319. The molecule has 0 aromatic rings. The first-order valence-electron chi connectivity index (χ1n) is 10.4. The van der Waals surface area contributed by atoms with Crippen molar-refractivity contribution in [2.45, 2.75) is 76.6 Å². The van der Waals surface area contributed by atoms with Gasteiger partial charge in [-0.25, -0.2) is 0 Å². The Balaban J connectivity index is 1.61. The number of hydrogen-bond acceptors (Lipinski definition) is 4. The Labute approximate surface area is 149 Å². The zero-order valence-corrected chi connectivity index (χ0v) is 15.5. The molecule has 6 aliphatic rings. The van der Waals surface area contributed by atoms with E-state index in [0.717, 1.165) is 32.1 Å². The van der Waals surface area contributed by atoms with E-state index in [9.17, 15) is 9.90 Å². The maximum atomic E-state index is 13.1. The second kappa shape index (κ2) is 4.18. The summed E-state index contributed by atoms with van der Waals surface area (Å²) >= 11 is 0. The maximum absolute atomic E-state index is 13.1. The van der Waals surface area contributed by atoms with Crippen molar-refractivity contribution in [2.75, 3.05) is 13.2 Å². The number of ketones is 1. The minimum Gasteiger partial charge on any atom is -0.389 e. The number of ether oxygens (including phenoxy) is 2. The van der Waals surface area contributed by atoms with E-state index in [0.29, 0.717) is 43.2 Å². The van der Waals surface area contributed by atoms with Crippen LogP contribution in [0.3, 0.4) is 0 Å². The lowest BCUT2D eigenvalue weighted by Gasteiger charge is -2.65. The monoisotopic (exact) mass is 346 g/mol. The summed E-state index contributed by atoms with van der Waals surface area (Å²) in [6.45, 7) is 5.72. The second-order valence-corrected chi connectivity index (χ2v) is 10.4. The highest BCUT2D eigenvalue weighted by Gasteiger charge is 2.84. The van der Waals surface area contributed by atoms with Gasteiger partial charge in [-0.2, -0.15) is 0 Å². The van der Waals surface area contributed by atoms with Gasteiger partial charge in [-0.3, -0.25) is 4.79 Å². The maximum Gasteiger partial charge on any atom is 0.181 e. The number of Topliss-reactive ketones (excluding diaryl/α,β-unsaturated/α-hetero) is 1. The van der Waals surface area contributed by atoms with Gasteiger partial charge in [0.15, 0.2) is 5.79 Å². The number of hydrogen-bond donors (Lipinski definition) is 1. The zero-order valence-electron chi connectivity index (χ0n) is 15.5. The van der Waals surface area contributed by atoms with Crippen LogP contribution in [0.25, 0.3) is 0 Å². The van der Waals surface area contributed by atoms with Crippen LogP contribution in [-0.4, -0.2) is 35.5 Å². The standard InChI is InChI=1S/C21H30O4/c1-17-7-8-19(23)11-13(17)3-4-15-14-5-6-16(22)18(14,2)21(12-20(15,17)19)24-9-10-25-21/h13-15,23H,3-12H2,1-2H3/t13-,14+,15+,17+,18+,19+,20+/m0/s1. The van der Waals surface area contributed by atoms with Crippen LogP contribution in [0.2, 0.25) is 0 Å². The van der Waals surface area contributed by atoms with E-state index >= 15 is 0 Å². The predicted octanol–water partition coefficient (Wildman–Crippen LogP) is 3.07. The summed E-state index contributed by atoms with van der Waals surface area (Å²) < 4.78 is 12.6. The number of aliphatic hydroxyl groups is 1. The van der Waals surface area contributed by atoms with E-state index in [2.05, 4.69) is 13.8 Å². The van der Waals surface area contributed by atoms with Gasteiger partial charge in [-0.1, -0.05) is 6.92 Å². The van der Waals surface area contributed by atoms with Gasteiger partial charge in [0.2, 0.25) is 0 Å². The number of carbonyl (C=O) groups excluding carboxylic acids is 1. The highest BCUT2D eigenvalue weighted by Crippen LogP contribution is 2.83. The molecule has 1 saturated heterocycles. The zero-order chi connectivity index (χ0) is 17.3. The molecule has 0 aromatic carbocycles. The van der Waals surface area contributed by atoms with Crippen molar-refractivity contribution in [3.63, 3.8) is 0 Å². The molecule has 0 radical (unpaired) electrons. The van der Waals surface area contributed by atoms with Gasteiger partial charge in [0, 0.05) is 18.3 Å². The normalized spacial score (nSPS) is 60.9. The largest absolute Gasteiger partial charge is 0.389 e. The molecule has 4 bridgehead atoms. The fourth-order valence-corrected chi connectivity index (χ4v) is 9.34. The fraction of sp³-hybridized carbons (Fsp3) is 0.952. The quantitative estimate of drug-likeness (QED) is 0.732. The summed E-state index contributed by atoms with van der Waals surface area (Å²) in [7, 11) is 0. The Kier molecular flexibility index (Phi) is 2.60. The molecule has 0 aromatic heterocycles. The van der Waals surface area contributed by atoms with E-state index in [1.807, 2.05) is 0 Å². The number of fused-ring (bicyclic) bond motifs is 3. The van der Waals surface area contributed by atoms with Gasteiger partial charge in [0.05, 0.1) is 24.2 Å². The van der Waals surface area contributed by atoms with E-state index in [1.165, 1.54) is 12.8 Å². The molecule has 0 amide bonds. The van der Waals surface area contributed by atoms with Crippen LogP contribution in [0.4, 0.5) is 0 Å². The summed E-state index contributed by atoms with van der Waals surface area (Å²) in [5, 5.41) is 11.9. The van der Waals surface area contributed by atoms with E-state index in [4.69, 9.17) is 9.47 Å². The molecule has 7 atom stereocenters. The Morgan fingerprint density at radius 1 is 1.04 bits per heavy atom. The van der Waals surface area contributed by atoms with Crippen LogP contribution < -0.4 is 0 Å². The Hall–Kier alpha value is -0.450. The summed E-state index contributed by atoms with van der Waals surface area (Å²) in [5.41, 5.74) is -1.05.